The summed E-state index contributed by atoms with van der Waals surface area (Å²) in [4.78, 5) is 21.4. The van der Waals surface area contributed by atoms with E-state index in [1.807, 2.05) is 13.8 Å². The van der Waals surface area contributed by atoms with Gasteiger partial charge in [-0.3, -0.25) is 10.1 Å². The summed E-state index contributed by atoms with van der Waals surface area (Å²) in [7, 11) is 0. The number of nitrogen functional groups attached to an aromatic ring is 1. The van der Waals surface area contributed by atoms with Crippen molar-refractivity contribution < 1.29 is 14.8 Å². The lowest BCUT2D eigenvalue weighted by molar-refractivity contribution is -0.384. The lowest BCUT2D eigenvalue weighted by atomic mass is 9.91. The molecule has 0 saturated carbocycles. The number of benzene rings is 1. The Kier molecular flexibility index (Phi) is 4.25. The molecule has 0 heterocycles. The van der Waals surface area contributed by atoms with Crippen LogP contribution in [0, 0.1) is 10.1 Å². The number of carboxylic acids is 1. The highest BCUT2D eigenvalue weighted by Gasteiger charge is 2.26. The van der Waals surface area contributed by atoms with Crippen LogP contribution >= 0.6 is 0 Å². The molecule has 1 aromatic rings. The van der Waals surface area contributed by atoms with Gasteiger partial charge >= 0.3 is 5.97 Å². The number of carboxylic acid groups (broad SMARTS) is 1. The number of carbonyl (C=O) groups is 1. The maximum Gasteiger partial charge on any atom is 0.338 e. The molecule has 0 amide bonds. The van der Waals surface area contributed by atoms with Crippen LogP contribution in [0.3, 0.4) is 0 Å². The molecule has 0 bridgehead atoms. The van der Waals surface area contributed by atoms with Crippen LogP contribution in [0.25, 0.3) is 0 Å². The van der Waals surface area contributed by atoms with Crippen molar-refractivity contribution >= 4 is 17.3 Å². The molecule has 0 spiro atoms. The first-order valence-electron chi connectivity index (χ1n) is 5.74. The number of nitro groups is 1. The van der Waals surface area contributed by atoms with Crippen molar-refractivity contribution in [1.82, 2.24) is 0 Å². The minimum absolute atomic E-state index is 0.00976. The minimum Gasteiger partial charge on any atom is -0.478 e. The van der Waals surface area contributed by atoms with Gasteiger partial charge in [0.25, 0.3) is 5.69 Å². The van der Waals surface area contributed by atoms with Gasteiger partial charge in [-0.05, 0) is 24.8 Å². The molecule has 0 unspecified atom stereocenters. The summed E-state index contributed by atoms with van der Waals surface area (Å²) in [6.07, 6.45) is 1.48. The van der Waals surface area contributed by atoms with Gasteiger partial charge in [-0.2, -0.15) is 0 Å². The summed E-state index contributed by atoms with van der Waals surface area (Å²) in [6, 6.07) is 2.83. The van der Waals surface area contributed by atoms with E-state index in [0.29, 0.717) is 5.56 Å². The van der Waals surface area contributed by atoms with Crippen molar-refractivity contribution in [1.29, 1.82) is 0 Å². The number of hydrogen-bond acceptors (Lipinski definition) is 4. The second-order valence-electron chi connectivity index (χ2n) is 4.04. The topological polar surface area (TPSA) is 106 Å². The third-order valence-electron chi connectivity index (χ3n) is 3.09. The maximum atomic E-state index is 11.1. The second-order valence-corrected chi connectivity index (χ2v) is 4.04. The SMILES string of the molecule is CCC(CC)c1ccc(C(=O)O)c(N)c1[N+](=O)[O-]. The average molecular weight is 252 g/mol. The van der Waals surface area contributed by atoms with E-state index in [2.05, 4.69) is 0 Å². The summed E-state index contributed by atoms with van der Waals surface area (Å²) in [5.41, 5.74) is 5.35. The predicted molar refractivity (Wildman–Crippen MR) is 67.8 cm³/mol. The van der Waals surface area contributed by atoms with Crippen LogP contribution in [-0.4, -0.2) is 16.0 Å². The van der Waals surface area contributed by atoms with Crippen LogP contribution in [0.2, 0.25) is 0 Å². The van der Waals surface area contributed by atoms with Crippen molar-refractivity contribution in [3.05, 3.63) is 33.4 Å². The van der Waals surface area contributed by atoms with Gasteiger partial charge in [-0.25, -0.2) is 4.79 Å². The zero-order valence-corrected chi connectivity index (χ0v) is 10.3. The molecule has 6 heteroatoms. The van der Waals surface area contributed by atoms with Crippen LogP contribution in [-0.2, 0) is 0 Å². The van der Waals surface area contributed by atoms with Gasteiger partial charge in [-0.15, -0.1) is 0 Å². The van der Waals surface area contributed by atoms with E-state index in [4.69, 9.17) is 10.8 Å². The molecular weight excluding hydrogens is 236 g/mol. The van der Waals surface area contributed by atoms with Gasteiger partial charge in [0.15, 0.2) is 0 Å². The van der Waals surface area contributed by atoms with Crippen LogP contribution in [0.1, 0.15) is 48.5 Å². The normalized spacial score (nSPS) is 10.6. The molecule has 3 N–H and O–H groups in total. The Morgan fingerprint density at radius 3 is 2.39 bits per heavy atom. The Hall–Kier alpha value is -2.11. The minimum atomic E-state index is -1.26. The van der Waals surface area contributed by atoms with Gasteiger partial charge < -0.3 is 10.8 Å². The molecule has 0 aliphatic carbocycles. The summed E-state index contributed by atoms with van der Waals surface area (Å²) in [5.74, 6) is -1.25. The molecule has 0 aliphatic heterocycles. The van der Waals surface area contributed by atoms with E-state index in [1.54, 1.807) is 0 Å². The summed E-state index contributed by atoms with van der Waals surface area (Å²) in [5, 5.41) is 20.0. The first-order chi connectivity index (χ1) is 8.43. The standard InChI is InChI=1S/C12H16N2O4/c1-3-7(4-2)8-5-6-9(12(15)16)10(13)11(8)14(17)18/h5-7H,3-4,13H2,1-2H3,(H,15,16). The maximum absolute atomic E-state index is 11.1. The largest absolute Gasteiger partial charge is 0.478 e. The average Bonchev–Trinajstić information content (AvgIpc) is 2.29. The fourth-order valence-electron chi connectivity index (χ4n) is 2.07. The van der Waals surface area contributed by atoms with E-state index < -0.39 is 10.9 Å². The van der Waals surface area contributed by atoms with E-state index in [9.17, 15) is 14.9 Å². The van der Waals surface area contributed by atoms with Crippen molar-refractivity contribution in [2.75, 3.05) is 5.73 Å². The van der Waals surface area contributed by atoms with Crippen LogP contribution in [0.15, 0.2) is 12.1 Å². The van der Waals surface area contributed by atoms with E-state index >= 15 is 0 Å². The zero-order valence-electron chi connectivity index (χ0n) is 10.3. The third kappa shape index (κ3) is 2.42. The fourth-order valence-corrected chi connectivity index (χ4v) is 2.07. The summed E-state index contributed by atoms with van der Waals surface area (Å²) in [6.45, 7) is 3.86. The van der Waals surface area contributed by atoms with Crippen molar-refractivity contribution in [3.63, 3.8) is 0 Å². The van der Waals surface area contributed by atoms with Crippen LogP contribution in [0.5, 0.6) is 0 Å². The Morgan fingerprint density at radius 1 is 1.44 bits per heavy atom. The number of nitro benzene ring substituents is 1. The van der Waals surface area contributed by atoms with E-state index in [-0.39, 0.29) is 22.9 Å². The highest BCUT2D eigenvalue weighted by Crippen LogP contribution is 2.37. The van der Waals surface area contributed by atoms with Gasteiger partial charge in [0.1, 0.15) is 5.69 Å². The van der Waals surface area contributed by atoms with Crippen LogP contribution < -0.4 is 5.73 Å². The molecule has 0 aromatic heterocycles. The molecular formula is C12H16N2O4. The number of rotatable bonds is 5. The lowest BCUT2D eigenvalue weighted by Gasteiger charge is -2.14. The number of aromatic carboxylic acids is 1. The molecule has 98 valence electrons. The van der Waals surface area contributed by atoms with Crippen molar-refractivity contribution in [3.8, 4) is 0 Å². The summed E-state index contributed by atoms with van der Waals surface area (Å²) >= 11 is 0. The number of nitrogens with two attached hydrogens (primary N) is 1. The highest BCUT2D eigenvalue weighted by atomic mass is 16.6. The van der Waals surface area contributed by atoms with Crippen molar-refractivity contribution in [2.24, 2.45) is 0 Å². The van der Waals surface area contributed by atoms with Crippen LogP contribution in [0.4, 0.5) is 11.4 Å². The van der Waals surface area contributed by atoms with E-state index in [1.165, 1.54) is 12.1 Å². The molecule has 0 aliphatic rings. The molecule has 1 aromatic carbocycles. The van der Waals surface area contributed by atoms with Gasteiger partial charge in [0.2, 0.25) is 0 Å². The Balaban J connectivity index is 3.50. The Labute approximate surface area is 105 Å². The molecule has 0 fully saturated rings. The quantitative estimate of drug-likeness (QED) is 0.476. The highest BCUT2D eigenvalue weighted by molar-refractivity contribution is 5.96. The Morgan fingerprint density at radius 2 is 2.00 bits per heavy atom. The van der Waals surface area contributed by atoms with Gasteiger partial charge in [0.05, 0.1) is 10.5 Å². The molecule has 0 saturated heterocycles. The monoisotopic (exact) mass is 252 g/mol. The molecule has 6 nitrogen and oxygen atoms in total. The number of hydrogen-bond donors (Lipinski definition) is 2. The zero-order chi connectivity index (χ0) is 13.9. The van der Waals surface area contributed by atoms with Gasteiger partial charge in [-0.1, -0.05) is 19.9 Å². The van der Waals surface area contributed by atoms with Crippen molar-refractivity contribution in [2.45, 2.75) is 32.6 Å². The lowest BCUT2D eigenvalue weighted by Crippen LogP contribution is -2.10. The first-order valence-corrected chi connectivity index (χ1v) is 5.74. The molecule has 0 radical (unpaired) electrons. The molecule has 18 heavy (non-hydrogen) atoms. The van der Waals surface area contributed by atoms with Gasteiger partial charge in [0, 0.05) is 5.56 Å². The number of nitrogens with zero attached hydrogens (tertiary/aromatic N) is 1. The number of anilines is 1. The fraction of sp³-hybridized carbons (Fsp3) is 0.417. The second kappa shape index (κ2) is 5.48. The first kappa shape index (κ1) is 14.0. The summed E-state index contributed by atoms with van der Waals surface area (Å²) < 4.78 is 0. The smallest absolute Gasteiger partial charge is 0.338 e. The molecule has 0 atom stereocenters. The molecule has 1 rings (SSSR count). The third-order valence-corrected chi connectivity index (χ3v) is 3.09. The Bertz CT molecular complexity index is 481. The predicted octanol–water partition coefficient (Wildman–Crippen LogP) is 2.78. The van der Waals surface area contributed by atoms with E-state index in [0.717, 1.165) is 12.8 Å².